The fourth-order valence-electron chi connectivity index (χ4n) is 4.23. The summed E-state index contributed by atoms with van der Waals surface area (Å²) in [5.74, 6) is 0.786. The van der Waals surface area contributed by atoms with Crippen molar-refractivity contribution in [3.63, 3.8) is 0 Å². The standard InChI is InChI=1S/C26H44N2O/c1-4-5-6-7-8-9-10-11-12-13-14-15-16-19-22-28-24-21-18-17-20-23(24)27-25(28)26(2,3)29/h17-18,20-21,29H,4-16,19,22H2,1-3H3. The van der Waals surface area contributed by atoms with Gasteiger partial charge in [0.05, 0.1) is 11.0 Å². The number of benzene rings is 1. The highest BCUT2D eigenvalue weighted by atomic mass is 16.3. The summed E-state index contributed by atoms with van der Waals surface area (Å²) in [5, 5.41) is 10.5. The summed E-state index contributed by atoms with van der Waals surface area (Å²) in [5.41, 5.74) is 1.21. The smallest absolute Gasteiger partial charge is 0.141 e. The van der Waals surface area contributed by atoms with Gasteiger partial charge in [-0.1, -0.05) is 103 Å². The van der Waals surface area contributed by atoms with Gasteiger partial charge in [-0.3, -0.25) is 0 Å². The van der Waals surface area contributed by atoms with Gasteiger partial charge in [-0.05, 0) is 32.4 Å². The molecular weight excluding hydrogens is 356 g/mol. The number of aromatic nitrogens is 2. The molecular formula is C26H44N2O. The van der Waals surface area contributed by atoms with Crippen LogP contribution in [0, 0.1) is 0 Å². The van der Waals surface area contributed by atoms with E-state index in [9.17, 15) is 5.11 Å². The highest BCUT2D eigenvalue weighted by molar-refractivity contribution is 5.76. The van der Waals surface area contributed by atoms with Gasteiger partial charge in [0, 0.05) is 6.54 Å². The van der Waals surface area contributed by atoms with E-state index < -0.39 is 5.60 Å². The Hall–Kier alpha value is -1.35. The van der Waals surface area contributed by atoms with Crippen molar-refractivity contribution in [3.8, 4) is 0 Å². The number of nitrogens with zero attached hydrogens (tertiary/aromatic N) is 2. The Morgan fingerprint density at radius 1 is 0.759 bits per heavy atom. The van der Waals surface area contributed by atoms with Gasteiger partial charge in [0.15, 0.2) is 0 Å². The summed E-state index contributed by atoms with van der Waals surface area (Å²) in [4.78, 5) is 4.68. The normalized spacial score (nSPS) is 12.1. The number of rotatable bonds is 16. The monoisotopic (exact) mass is 400 g/mol. The number of aryl methyl sites for hydroxylation is 1. The van der Waals surface area contributed by atoms with E-state index in [2.05, 4.69) is 28.6 Å². The minimum absolute atomic E-state index is 0.786. The summed E-state index contributed by atoms with van der Waals surface area (Å²) in [6, 6.07) is 8.22. The Morgan fingerprint density at radius 3 is 1.76 bits per heavy atom. The molecule has 0 saturated carbocycles. The molecule has 1 aromatic carbocycles. The third-order valence-electron chi connectivity index (χ3n) is 5.94. The lowest BCUT2D eigenvalue weighted by Crippen LogP contribution is -2.22. The molecule has 0 spiro atoms. The average Bonchev–Trinajstić information content (AvgIpc) is 3.07. The molecule has 3 nitrogen and oxygen atoms in total. The van der Waals surface area contributed by atoms with Crippen LogP contribution in [0.2, 0.25) is 0 Å². The van der Waals surface area contributed by atoms with Gasteiger partial charge in [-0.15, -0.1) is 0 Å². The minimum atomic E-state index is -0.908. The number of aliphatic hydroxyl groups is 1. The molecule has 3 heteroatoms. The Morgan fingerprint density at radius 2 is 1.24 bits per heavy atom. The SMILES string of the molecule is CCCCCCCCCCCCCCCCn1c(C(C)(C)O)nc2ccccc21. The van der Waals surface area contributed by atoms with Crippen LogP contribution in [0.25, 0.3) is 11.0 Å². The summed E-state index contributed by atoms with van der Waals surface area (Å²) < 4.78 is 2.22. The molecule has 0 amide bonds. The van der Waals surface area contributed by atoms with Crippen molar-refractivity contribution in [1.29, 1.82) is 0 Å². The van der Waals surface area contributed by atoms with E-state index in [0.717, 1.165) is 29.8 Å². The van der Waals surface area contributed by atoms with E-state index in [1.165, 1.54) is 83.5 Å². The topological polar surface area (TPSA) is 38.0 Å². The molecule has 0 aliphatic rings. The fraction of sp³-hybridized carbons (Fsp3) is 0.731. The summed E-state index contributed by atoms with van der Waals surface area (Å²) in [6.45, 7) is 6.89. The van der Waals surface area contributed by atoms with Crippen molar-refractivity contribution < 1.29 is 5.11 Å². The lowest BCUT2D eigenvalue weighted by atomic mass is 10.0. The van der Waals surface area contributed by atoms with Crippen molar-refractivity contribution in [2.45, 2.75) is 123 Å². The predicted octanol–water partition coefficient (Wildman–Crippen LogP) is 7.75. The fourth-order valence-corrected chi connectivity index (χ4v) is 4.23. The van der Waals surface area contributed by atoms with E-state index in [-0.39, 0.29) is 0 Å². The first-order valence-corrected chi connectivity index (χ1v) is 12.2. The van der Waals surface area contributed by atoms with E-state index in [4.69, 9.17) is 0 Å². The van der Waals surface area contributed by atoms with E-state index >= 15 is 0 Å². The maximum absolute atomic E-state index is 10.5. The number of fused-ring (bicyclic) bond motifs is 1. The highest BCUT2D eigenvalue weighted by Crippen LogP contribution is 2.25. The largest absolute Gasteiger partial charge is 0.383 e. The molecule has 1 aromatic heterocycles. The van der Waals surface area contributed by atoms with Gasteiger partial charge in [-0.2, -0.15) is 0 Å². The highest BCUT2D eigenvalue weighted by Gasteiger charge is 2.24. The lowest BCUT2D eigenvalue weighted by Gasteiger charge is -2.19. The van der Waals surface area contributed by atoms with Crippen LogP contribution in [0.15, 0.2) is 24.3 Å². The van der Waals surface area contributed by atoms with Crippen LogP contribution in [0.1, 0.15) is 116 Å². The van der Waals surface area contributed by atoms with Crippen LogP contribution >= 0.6 is 0 Å². The summed E-state index contributed by atoms with van der Waals surface area (Å²) in [6.07, 6.45) is 19.2. The number of unbranched alkanes of at least 4 members (excludes halogenated alkanes) is 13. The second-order valence-electron chi connectivity index (χ2n) is 9.23. The van der Waals surface area contributed by atoms with Crippen molar-refractivity contribution in [2.24, 2.45) is 0 Å². The molecule has 0 aliphatic carbocycles. The average molecular weight is 401 g/mol. The van der Waals surface area contributed by atoms with Gasteiger partial charge >= 0.3 is 0 Å². The molecule has 164 valence electrons. The first kappa shape index (κ1) is 23.9. The molecule has 1 N–H and O–H groups in total. The van der Waals surface area contributed by atoms with Gasteiger partial charge in [0.25, 0.3) is 0 Å². The lowest BCUT2D eigenvalue weighted by molar-refractivity contribution is 0.0651. The Kier molecular flexibility index (Phi) is 10.8. The molecule has 1 heterocycles. The van der Waals surface area contributed by atoms with Crippen LogP contribution in [-0.2, 0) is 12.1 Å². The zero-order valence-electron chi connectivity index (χ0n) is 19.3. The number of para-hydroxylation sites is 2. The number of hydrogen-bond acceptors (Lipinski definition) is 2. The third-order valence-corrected chi connectivity index (χ3v) is 5.94. The second kappa shape index (κ2) is 13.1. The molecule has 2 aromatic rings. The Labute approximate surface area is 178 Å². The number of imidazole rings is 1. The van der Waals surface area contributed by atoms with Crippen LogP contribution in [0.3, 0.4) is 0 Å². The van der Waals surface area contributed by atoms with Crippen LogP contribution in [0.5, 0.6) is 0 Å². The van der Waals surface area contributed by atoms with Crippen molar-refractivity contribution in [1.82, 2.24) is 9.55 Å². The van der Waals surface area contributed by atoms with Crippen LogP contribution < -0.4 is 0 Å². The van der Waals surface area contributed by atoms with E-state index in [1.54, 1.807) is 0 Å². The molecule has 0 fully saturated rings. The summed E-state index contributed by atoms with van der Waals surface area (Å²) in [7, 11) is 0. The molecule has 0 aliphatic heterocycles. The molecule has 0 bridgehead atoms. The predicted molar refractivity (Wildman–Crippen MR) is 125 cm³/mol. The molecule has 0 unspecified atom stereocenters. The van der Waals surface area contributed by atoms with Crippen LogP contribution in [0.4, 0.5) is 0 Å². The van der Waals surface area contributed by atoms with Crippen molar-refractivity contribution in [2.75, 3.05) is 0 Å². The van der Waals surface area contributed by atoms with Gasteiger partial charge in [0.2, 0.25) is 0 Å². The van der Waals surface area contributed by atoms with Crippen molar-refractivity contribution >= 4 is 11.0 Å². The Bertz CT molecular complexity index is 684. The van der Waals surface area contributed by atoms with E-state index in [0.29, 0.717) is 0 Å². The third kappa shape index (κ3) is 8.50. The second-order valence-corrected chi connectivity index (χ2v) is 9.23. The van der Waals surface area contributed by atoms with Gasteiger partial charge < -0.3 is 9.67 Å². The zero-order valence-corrected chi connectivity index (χ0v) is 19.3. The number of hydrogen-bond donors (Lipinski definition) is 1. The molecule has 2 rings (SSSR count). The molecule has 0 atom stereocenters. The quantitative estimate of drug-likeness (QED) is 0.292. The first-order chi connectivity index (χ1) is 14.0. The van der Waals surface area contributed by atoms with Gasteiger partial charge in [-0.25, -0.2) is 4.98 Å². The zero-order chi connectivity index (χ0) is 21.0. The van der Waals surface area contributed by atoms with Crippen molar-refractivity contribution in [3.05, 3.63) is 30.1 Å². The molecule has 0 radical (unpaired) electrons. The molecule has 29 heavy (non-hydrogen) atoms. The van der Waals surface area contributed by atoms with E-state index in [1.807, 2.05) is 26.0 Å². The minimum Gasteiger partial charge on any atom is -0.383 e. The Balaban J connectivity index is 1.57. The molecule has 0 saturated heterocycles. The van der Waals surface area contributed by atoms with Gasteiger partial charge in [0.1, 0.15) is 11.4 Å². The van der Waals surface area contributed by atoms with Crippen LogP contribution in [-0.4, -0.2) is 14.7 Å². The maximum atomic E-state index is 10.5. The first-order valence-electron chi connectivity index (χ1n) is 12.2. The maximum Gasteiger partial charge on any atom is 0.141 e. The summed E-state index contributed by atoms with van der Waals surface area (Å²) >= 11 is 0.